The molecule has 0 bridgehead atoms. The Morgan fingerprint density at radius 3 is 2.50 bits per heavy atom. The molecule has 0 saturated carbocycles. The molecule has 1 aliphatic rings. The fourth-order valence-corrected chi connectivity index (χ4v) is 4.18. The van der Waals surface area contributed by atoms with E-state index in [0.717, 1.165) is 16.5 Å². The average Bonchev–Trinajstić information content (AvgIpc) is 2.85. The highest BCUT2D eigenvalue weighted by molar-refractivity contribution is 9.10. The molecule has 0 radical (unpaired) electrons. The molecule has 0 aliphatic carbocycles. The highest BCUT2D eigenvalue weighted by Gasteiger charge is 2.35. The van der Waals surface area contributed by atoms with E-state index in [1.54, 1.807) is 24.3 Å². The first-order valence-electron chi connectivity index (χ1n) is 10.5. The number of rotatable bonds is 7. The maximum absolute atomic E-state index is 13.3. The lowest BCUT2D eigenvalue weighted by atomic mass is 10.0. The molecular formula is C25H18BrN3O6S. The van der Waals surface area contributed by atoms with Crippen molar-refractivity contribution in [1.29, 1.82) is 0 Å². The third-order valence-electron chi connectivity index (χ3n) is 5.21. The van der Waals surface area contributed by atoms with Gasteiger partial charge in [0.05, 0.1) is 29.4 Å². The number of halogens is 1. The van der Waals surface area contributed by atoms with Gasteiger partial charge in [-0.3, -0.25) is 29.9 Å². The van der Waals surface area contributed by atoms with Crippen molar-refractivity contribution in [2.24, 2.45) is 0 Å². The molecule has 0 spiro atoms. The van der Waals surface area contributed by atoms with E-state index in [0.29, 0.717) is 10.2 Å². The van der Waals surface area contributed by atoms with Crippen LogP contribution < -0.4 is 19.7 Å². The number of carbonyl (C=O) groups excluding carboxylic acids is 2. The number of thiocarbonyl (C=S) groups is 1. The van der Waals surface area contributed by atoms with Crippen LogP contribution in [0, 0.1) is 10.1 Å². The molecule has 11 heteroatoms. The van der Waals surface area contributed by atoms with Crippen molar-refractivity contribution >= 4 is 62.5 Å². The largest absolute Gasteiger partial charge is 0.493 e. The number of nitrogens with zero attached hydrogens (tertiary/aromatic N) is 2. The topological polar surface area (TPSA) is 111 Å². The second kappa shape index (κ2) is 10.7. The molecule has 1 saturated heterocycles. The van der Waals surface area contributed by atoms with Crippen LogP contribution in [-0.4, -0.2) is 29.0 Å². The van der Waals surface area contributed by atoms with Crippen LogP contribution in [0.2, 0.25) is 0 Å². The van der Waals surface area contributed by atoms with Crippen LogP contribution in [0.15, 0.2) is 76.8 Å². The van der Waals surface area contributed by atoms with Crippen LogP contribution >= 0.6 is 28.1 Å². The zero-order chi connectivity index (χ0) is 25.8. The molecule has 1 fully saturated rings. The Labute approximate surface area is 219 Å². The monoisotopic (exact) mass is 567 g/mol. The Hall–Kier alpha value is -4.09. The van der Waals surface area contributed by atoms with Gasteiger partial charge in [-0.1, -0.05) is 52.3 Å². The summed E-state index contributed by atoms with van der Waals surface area (Å²) in [6, 6.07) is 18.6. The van der Waals surface area contributed by atoms with E-state index >= 15 is 0 Å². The SMILES string of the molecule is COc1cc(/C=C2\C(=O)NC(=S)N(c3cccc(Br)c3)C2=O)c([N+](=O)[O-])cc1OCc1ccccc1. The third-order valence-corrected chi connectivity index (χ3v) is 5.99. The van der Waals surface area contributed by atoms with Crippen molar-refractivity contribution in [3.8, 4) is 11.5 Å². The van der Waals surface area contributed by atoms with E-state index in [1.807, 2.05) is 30.3 Å². The maximum Gasteiger partial charge on any atom is 0.280 e. The van der Waals surface area contributed by atoms with E-state index in [9.17, 15) is 19.7 Å². The van der Waals surface area contributed by atoms with Gasteiger partial charge in [-0.15, -0.1) is 0 Å². The van der Waals surface area contributed by atoms with Gasteiger partial charge >= 0.3 is 0 Å². The standard InChI is InChI=1S/C25H18BrN3O6S/c1-34-21-11-16(20(29(32)33)13-22(21)35-14-15-6-3-2-4-7-15)10-19-23(30)27-25(36)28(24(19)31)18-9-5-8-17(26)12-18/h2-13H,14H2,1H3,(H,27,30,36)/b19-10+. The minimum absolute atomic E-state index is 0.00979. The first kappa shape index (κ1) is 25.0. The first-order valence-corrected chi connectivity index (χ1v) is 11.7. The second-order valence-electron chi connectivity index (χ2n) is 7.53. The Morgan fingerprint density at radius 1 is 1.08 bits per heavy atom. The highest BCUT2D eigenvalue weighted by Crippen LogP contribution is 2.37. The van der Waals surface area contributed by atoms with Crippen LogP contribution in [0.4, 0.5) is 11.4 Å². The predicted molar refractivity (Wildman–Crippen MR) is 141 cm³/mol. The Kier molecular flexibility index (Phi) is 7.41. The number of amides is 2. The van der Waals surface area contributed by atoms with Crippen molar-refractivity contribution in [3.05, 3.63) is 98.0 Å². The number of benzene rings is 3. The van der Waals surface area contributed by atoms with Gasteiger partial charge in [0.1, 0.15) is 12.2 Å². The van der Waals surface area contributed by atoms with E-state index in [-0.39, 0.29) is 40.0 Å². The number of carbonyl (C=O) groups is 2. The number of anilines is 1. The van der Waals surface area contributed by atoms with Gasteiger partial charge in [0.25, 0.3) is 17.5 Å². The van der Waals surface area contributed by atoms with Gasteiger partial charge in [-0.2, -0.15) is 0 Å². The van der Waals surface area contributed by atoms with E-state index in [4.69, 9.17) is 21.7 Å². The lowest BCUT2D eigenvalue weighted by Crippen LogP contribution is -2.54. The molecule has 3 aromatic rings. The number of hydrogen-bond donors (Lipinski definition) is 1. The van der Waals surface area contributed by atoms with Crippen molar-refractivity contribution in [1.82, 2.24) is 5.32 Å². The van der Waals surface area contributed by atoms with E-state index in [2.05, 4.69) is 21.2 Å². The van der Waals surface area contributed by atoms with Gasteiger partial charge in [-0.25, -0.2) is 0 Å². The van der Waals surface area contributed by atoms with Gasteiger partial charge in [-0.05, 0) is 48.1 Å². The Balaban J connectivity index is 1.73. The second-order valence-corrected chi connectivity index (χ2v) is 8.83. The Morgan fingerprint density at radius 2 is 1.83 bits per heavy atom. The predicted octanol–water partition coefficient (Wildman–Crippen LogP) is 4.78. The summed E-state index contributed by atoms with van der Waals surface area (Å²) in [6.45, 7) is 0.161. The number of hydrogen-bond acceptors (Lipinski definition) is 7. The summed E-state index contributed by atoms with van der Waals surface area (Å²) in [7, 11) is 1.39. The molecule has 0 atom stereocenters. The van der Waals surface area contributed by atoms with Crippen molar-refractivity contribution in [2.75, 3.05) is 12.0 Å². The van der Waals surface area contributed by atoms with E-state index in [1.165, 1.54) is 19.2 Å². The number of nitrogens with one attached hydrogen (secondary N) is 1. The molecular weight excluding hydrogens is 550 g/mol. The van der Waals surface area contributed by atoms with Gasteiger partial charge in [0.15, 0.2) is 16.6 Å². The summed E-state index contributed by atoms with van der Waals surface area (Å²) in [5, 5.41) is 14.2. The number of nitro groups is 1. The van der Waals surface area contributed by atoms with Crippen molar-refractivity contribution in [2.45, 2.75) is 6.61 Å². The molecule has 2 amide bonds. The van der Waals surface area contributed by atoms with Gasteiger partial charge < -0.3 is 9.47 Å². The highest BCUT2D eigenvalue weighted by atomic mass is 79.9. The summed E-state index contributed by atoms with van der Waals surface area (Å²) >= 11 is 8.54. The molecule has 1 N–H and O–H groups in total. The molecule has 4 rings (SSSR count). The van der Waals surface area contributed by atoms with Crippen molar-refractivity contribution in [3.63, 3.8) is 0 Å². The van der Waals surface area contributed by atoms with Gasteiger partial charge in [0.2, 0.25) is 0 Å². The summed E-state index contributed by atoms with van der Waals surface area (Å²) in [5.74, 6) is -1.15. The molecule has 36 heavy (non-hydrogen) atoms. The van der Waals surface area contributed by atoms with E-state index < -0.39 is 16.7 Å². The van der Waals surface area contributed by atoms with Crippen LogP contribution in [0.3, 0.4) is 0 Å². The van der Waals surface area contributed by atoms with Gasteiger partial charge in [0, 0.05) is 4.47 Å². The summed E-state index contributed by atoms with van der Waals surface area (Å²) in [6.07, 6.45) is 1.14. The summed E-state index contributed by atoms with van der Waals surface area (Å²) < 4.78 is 11.8. The molecule has 9 nitrogen and oxygen atoms in total. The molecule has 182 valence electrons. The minimum atomic E-state index is -0.770. The smallest absolute Gasteiger partial charge is 0.280 e. The zero-order valence-electron chi connectivity index (χ0n) is 18.8. The van der Waals surface area contributed by atoms with Crippen LogP contribution in [0.1, 0.15) is 11.1 Å². The Bertz CT molecular complexity index is 1410. The van der Waals surface area contributed by atoms with Crippen LogP contribution in [-0.2, 0) is 16.2 Å². The quantitative estimate of drug-likeness (QED) is 0.144. The van der Waals surface area contributed by atoms with Crippen molar-refractivity contribution < 1.29 is 24.0 Å². The molecule has 1 heterocycles. The summed E-state index contributed by atoms with van der Waals surface area (Å²) in [5.41, 5.74) is 0.578. The van der Waals surface area contributed by atoms with Crippen LogP contribution in [0.25, 0.3) is 6.08 Å². The normalized spacial score (nSPS) is 14.6. The van der Waals surface area contributed by atoms with Crippen LogP contribution in [0.5, 0.6) is 11.5 Å². The lowest BCUT2D eigenvalue weighted by Gasteiger charge is -2.29. The molecule has 0 aromatic heterocycles. The number of ether oxygens (including phenoxy) is 2. The average molecular weight is 568 g/mol. The molecule has 0 unspecified atom stereocenters. The number of nitro benzene ring substituents is 1. The lowest BCUT2D eigenvalue weighted by molar-refractivity contribution is -0.385. The summed E-state index contributed by atoms with van der Waals surface area (Å²) in [4.78, 5) is 38.4. The molecule has 3 aromatic carbocycles. The number of methoxy groups -OCH3 is 1. The fraction of sp³-hybridized carbons (Fsp3) is 0.0800. The minimum Gasteiger partial charge on any atom is -0.493 e. The molecule has 1 aliphatic heterocycles. The third kappa shape index (κ3) is 5.26. The maximum atomic E-state index is 13.3. The fourth-order valence-electron chi connectivity index (χ4n) is 3.51. The first-order chi connectivity index (χ1) is 17.3. The zero-order valence-corrected chi connectivity index (χ0v) is 21.2.